The van der Waals surface area contributed by atoms with Crippen LogP contribution in [0.3, 0.4) is 0 Å². The molecule has 1 heterocycles. The Morgan fingerprint density at radius 3 is 2.50 bits per heavy atom. The molecule has 0 atom stereocenters. The van der Waals surface area contributed by atoms with Crippen molar-refractivity contribution in [2.45, 2.75) is 13.1 Å². The van der Waals surface area contributed by atoms with Crippen LogP contribution in [0.2, 0.25) is 0 Å². The molecule has 0 aliphatic rings. The number of benzene rings is 1. The Labute approximate surface area is 113 Å². The molecule has 6 heteroatoms. The van der Waals surface area contributed by atoms with Crippen LogP contribution in [0.4, 0.5) is 18.9 Å². The summed E-state index contributed by atoms with van der Waals surface area (Å²) in [4.78, 5) is 15.1. The smallest absolute Gasteiger partial charge is 0.322 e. The summed E-state index contributed by atoms with van der Waals surface area (Å²) in [6, 6.07) is 8.98. The Hall–Kier alpha value is -2.37. The normalized spacial score (nSPS) is 11.2. The van der Waals surface area contributed by atoms with E-state index in [1.54, 1.807) is 18.2 Å². The van der Waals surface area contributed by atoms with E-state index in [-0.39, 0.29) is 5.56 Å². The van der Waals surface area contributed by atoms with Crippen LogP contribution < -0.4 is 5.32 Å². The number of amides is 1. The number of alkyl halides is 3. The van der Waals surface area contributed by atoms with Gasteiger partial charge in [0.25, 0.3) is 5.91 Å². The van der Waals surface area contributed by atoms with Gasteiger partial charge in [-0.2, -0.15) is 13.2 Å². The monoisotopic (exact) mass is 280 g/mol. The molecular formula is C14H11F3N2O. The van der Waals surface area contributed by atoms with Gasteiger partial charge in [-0.15, -0.1) is 0 Å². The minimum Gasteiger partial charge on any atom is -0.322 e. The SMILES string of the molecule is Cc1cccc(NC(=O)c2ccc(C(F)(F)F)nc2)c1. The predicted molar refractivity (Wildman–Crippen MR) is 68.4 cm³/mol. The van der Waals surface area contributed by atoms with E-state index < -0.39 is 17.8 Å². The first-order valence-corrected chi connectivity index (χ1v) is 5.77. The van der Waals surface area contributed by atoms with Crippen LogP contribution in [0.25, 0.3) is 0 Å². The van der Waals surface area contributed by atoms with Gasteiger partial charge in [0, 0.05) is 11.9 Å². The van der Waals surface area contributed by atoms with E-state index in [1.165, 1.54) is 0 Å². The molecule has 3 nitrogen and oxygen atoms in total. The summed E-state index contributed by atoms with van der Waals surface area (Å²) in [7, 11) is 0. The Bertz CT molecular complexity index is 621. The first-order valence-electron chi connectivity index (χ1n) is 5.77. The quantitative estimate of drug-likeness (QED) is 0.912. The third-order valence-corrected chi connectivity index (χ3v) is 2.59. The maximum atomic E-state index is 12.3. The van der Waals surface area contributed by atoms with E-state index in [4.69, 9.17) is 0 Å². The van der Waals surface area contributed by atoms with Crippen LogP contribution in [-0.2, 0) is 6.18 Å². The van der Waals surface area contributed by atoms with Crippen molar-refractivity contribution in [1.29, 1.82) is 0 Å². The van der Waals surface area contributed by atoms with Gasteiger partial charge in [0.2, 0.25) is 0 Å². The van der Waals surface area contributed by atoms with Crippen LogP contribution in [0.5, 0.6) is 0 Å². The zero-order valence-electron chi connectivity index (χ0n) is 10.5. The van der Waals surface area contributed by atoms with Gasteiger partial charge in [0.15, 0.2) is 0 Å². The number of hydrogen-bond donors (Lipinski definition) is 1. The van der Waals surface area contributed by atoms with Gasteiger partial charge in [-0.3, -0.25) is 9.78 Å². The van der Waals surface area contributed by atoms with E-state index in [1.807, 2.05) is 13.0 Å². The molecule has 0 radical (unpaired) electrons. The zero-order chi connectivity index (χ0) is 14.8. The molecule has 0 fully saturated rings. The molecule has 0 saturated carbocycles. The van der Waals surface area contributed by atoms with Crippen molar-refractivity contribution in [2.24, 2.45) is 0 Å². The molecular weight excluding hydrogens is 269 g/mol. The van der Waals surface area contributed by atoms with E-state index in [0.717, 1.165) is 23.9 Å². The van der Waals surface area contributed by atoms with Crippen molar-refractivity contribution >= 4 is 11.6 Å². The van der Waals surface area contributed by atoms with Gasteiger partial charge in [0.1, 0.15) is 5.69 Å². The van der Waals surface area contributed by atoms with Crippen molar-refractivity contribution < 1.29 is 18.0 Å². The number of nitrogens with zero attached hydrogens (tertiary/aromatic N) is 1. The summed E-state index contributed by atoms with van der Waals surface area (Å²) in [5.41, 5.74) is 0.590. The first-order chi connectivity index (χ1) is 9.36. The highest BCUT2D eigenvalue weighted by Gasteiger charge is 2.32. The number of pyridine rings is 1. The lowest BCUT2D eigenvalue weighted by Crippen LogP contribution is -2.14. The van der Waals surface area contributed by atoms with E-state index >= 15 is 0 Å². The summed E-state index contributed by atoms with van der Waals surface area (Å²) in [5.74, 6) is -0.503. The molecule has 104 valence electrons. The number of carbonyl (C=O) groups excluding carboxylic acids is 1. The number of anilines is 1. The molecule has 2 rings (SSSR count). The topological polar surface area (TPSA) is 42.0 Å². The fraction of sp³-hybridized carbons (Fsp3) is 0.143. The maximum Gasteiger partial charge on any atom is 0.433 e. The Morgan fingerprint density at radius 2 is 1.95 bits per heavy atom. The van der Waals surface area contributed by atoms with Gasteiger partial charge >= 0.3 is 6.18 Å². The third kappa shape index (κ3) is 3.34. The molecule has 1 amide bonds. The average Bonchev–Trinajstić information content (AvgIpc) is 2.38. The molecule has 0 bridgehead atoms. The summed E-state index contributed by atoms with van der Waals surface area (Å²) in [6.45, 7) is 1.87. The van der Waals surface area contributed by atoms with Gasteiger partial charge in [-0.05, 0) is 36.8 Å². The predicted octanol–water partition coefficient (Wildman–Crippen LogP) is 3.66. The molecule has 1 aromatic carbocycles. The maximum absolute atomic E-state index is 12.3. The Balaban J connectivity index is 2.14. The second-order valence-corrected chi connectivity index (χ2v) is 4.25. The first kappa shape index (κ1) is 14.0. The van der Waals surface area contributed by atoms with E-state index in [2.05, 4.69) is 10.3 Å². The molecule has 0 aliphatic carbocycles. The largest absolute Gasteiger partial charge is 0.433 e. The second kappa shape index (κ2) is 5.32. The Morgan fingerprint density at radius 1 is 1.20 bits per heavy atom. The highest BCUT2D eigenvalue weighted by Crippen LogP contribution is 2.27. The fourth-order valence-electron chi connectivity index (χ4n) is 1.62. The number of aromatic nitrogens is 1. The summed E-state index contributed by atoms with van der Waals surface area (Å²) in [5, 5.41) is 2.60. The lowest BCUT2D eigenvalue weighted by molar-refractivity contribution is -0.141. The van der Waals surface area contributed by atoms with Gasteiger partial charge in [-0.1, -0.05) is 12.1 Å². The summed E-state index contributed by atoms with van der Waals surface area (Å²) < 4.78 is 37.0. The van der Waals surface area contributed by atoms with E-state index in [0.29, 0.717) is 5.69 Å². The number of aryl methyl sites for hydroxylation is 1. The number of nitrogens with one attached hydrogen (secondary N) is 1. The van der Waals surface area contributed by atoms with Crippen LogP contribution in [-0.4, -0.2) is 10.9 Å². The number of hydrogen-bond acceptors (Lipinski definition) is 2. The molecule has 1 N–H and O–H groups in total. The standard InChI is InChI=1S/C14H11F3N2O/c1-9-3-2-4-11(7-9)19-13(20)10-5-6-12(18-8-10)14(15,16)17/h2-8H,1H3,(H,19,20). The lowest BCUT2D eigenvalue weighted by atomic mass is 10.2. The second-order valence-electron chi connectivity index (χ2n) is 4.25. The van der Waals surface area contributed by atoms with Crippen molar-refractivity contribution in [3.05, 3.63) is 59.4 Å². The van der Waals surface area contributed by atoms with Gasteiger partial charge in [-0.25, -0.2) is 0 Å². The highest BCUT2D eigenvalue weighted by atomic mass is 19.4. The Kier molecular flexibility index (Phi) is 3.74. The molecule has 0 aliphatic heterocycles. The van der Waals surface area contributed by atoms with Crippen molar-refractivity contribution in [3.8, 4) is 0 Å². The zero-order valence-corrected chi connectivity index (χ0v) is 10.5. The molecule has 0 unspecified atom stereocenters. The average molecular weight is 280 g/mol. The van der Waals surface area contributed by atoms with Crippen molar-refractivity contribution in [2.75, 3.05) is 5.32 Å². The summed E-state index contributed by atoms with van der Waals surface area (Å²) in [6.07, 6.45) is -3.60. The fourth-order valence-corrected chi connectivity index (χ4v) is 1.62. The minimum absolute atomic E-state index is 0.0690. The summed E-state index contributed by atoms with van der Waals surface area (Å²) >= 11 is 0. The minimum atomic E-state index is -4.51. The lowest BCUT2D eigenvalue weighted by Gasteiger charge is -2.08. The van der Waals surface area contributed by atoms with Crippen LogP contribution >= 0.6 is 0 Å². The van der Waals surface area contributed by atoms with Crippen molar-refractivity contribution in [1.82, 2.24) is 4.98 Å². The molecule has 20 heavy (non-hydrogen) atoms. The molecule has 1 aromatic heterocycles. The van der Waals surface area contributed by atoms with Crippen molar-refractivity contribution in [3.63, 3.8) is 0 Å². The van der Waals surface area contributed by atoms with Crippen LogP contribution in [0.15, 0.2) is 42.6 Å². The van der Waals surface area contributed by atoms with Gasteiger partial charge in [0.05, 0.1) is 5.56 Å². The highest BCUT2D eigenvalue weighted by molar-refractivity contribution is 6.04. The number of rotatable bonds is 2. The van der Waals surface area contributed by atoms with Crippen LogP contribution in [0.1, 0.15) is 21.6 Å². The van der Waals surface area contributed by atoms with Gasteiger partial charge < -0.3 is 5.32 Å². The van der Waals surface area contributed by atoms with E-state index in [9.17, 15) is 18.0 Å². The number of carbonyl (C=O) groups is 1. The molecule has 0 saturated heterocycles. The van der Waals surface area contributed by atoms with Crippen LogP contribution in [0, 0.1) is 6.92 Å². The third-order valence-electron chi connectivity index (χ3n) is 2.59. The molecule has 0 spiro atoms. The number of halogens is 3. The molecule has 2 aromatic rings.